The van der Waals surface area contributed by atoms with E-state index >= 15 is 0 Å². The van der Waals surface area contributed by atoms with E-state index in [1.165, 1.54) is 0 Å². The molecule has 118 valence electrons. The molecule has 0 N–H and O–H groups in total. The molecule has 0 fully saturated rings. The van der Waals surface area contributed by atoms with Crippen LogP contribution in [0, 0.1) is 5.92 Å². The van der Waals surface area contributed by atoms with Crippen molar-refractivity contribution >= 4 is 22.6 Å². The van der Waals surface area contributed by atoms with Crippen molar-refractivity contribution in [1.29, 1.82) is 0 Å². The summed E-state index contributed by atoms with van der Waals surface area (Å²) in [5.41, 5.74) is 2.31. The average Bonchev–Trinajstić information content (AvgIpc) is 2.54. The van der Waals surface area contributed by atoms with Crippen LogP contribution in [0.15, 0.2) is 53.5 Å². The molecule has 0 atom stereocenters. The monoisotopic (exact) mass is 326 g/mol. The van der Waals surface area contributed by atoms with E-state index in [1.54, 1.807) is 10.8 Å². The molecule has 0 saturated carbocycles. The van der Waals surface area contributed by atoms with Crippen molar-refractivity contribution in [2.45, 2.75) is 26.8 Å². The summed E-state index contributed by atoms with van der Waals surface area (Å²) in [6, 6.07) is 13.2. The van der Waals surface area contributed by atoms with Crippen molar-refractivity contribution in [1.82, 2.24) is 9.55 Å². The summed E-state index contributed by atoms with van der Waals surface area (Å²) in [5, 5.41) is 1.64. The van der Waals surface area contributed by atoms with Gasteiger partial charge in [0.15, 0.2) is 0 Å². The molecule has 0 radical (unpaired) electrons. The summed E-state index contributed by atoms with van der Waals surface area (Å²) in [4.78, 5) is 17.4. The summed E-state index contributed by atoms with van der Waals surface area (Å²) in [6.45, 7) is 4.98. The van der Waals surface area contributed by atoms with Crippen molar-refractivity contribution < 1.29 is 0 Å². The molecule has 0 amide bonds. The number of halogens is 1. The Kier molecular flexibility index (Phi) is 4.49. The Morgan fingerprint density at radius 3 is 2.61 bits per heavy atom. The van der Waals surface area contributed by atoms with Crippen LogP contribution in [-0.4, -0.2) is 9.55 Å². The lowest BCUT2D eigenvalue weighted by Crippen LogP contribution is -2.23. The summed E-state index contributed by atoms with van der Waals surface area (Å²) >= 11 is 5.96. The molecule has 0 spiro atoms. The van der Waals surface area contributed by atoms with E-state index in [1.807, 2.05) is 42.5 Å². The van der Waals surface area contributed by atoms with Crippen LogP contribution in [0.25, 0.3) is 22.2 Å². The van der Waals surface area contributed by atoms with Gasteiger partial charge in [-0.05, 0) is 48.2 Å². The van der Waals surface area contributed by atoms with Gasteiger partial charge in [-0.3, -0.25) is 9.36 Å². The van der Waals surface area contributed by atoms with Crippen molar-refractivity contribution in [2.75, 3.05) is 0 Å². The van der Waals surface area contributed by atoms with E-state index < -0.39 is 0 Å². The number of rotatable bonds is 4. The molecular weight excluding hydrogens is 308 g/mol. The zero-order valence-electron chi connectivity index (χ0n) is 13.3. The number of benzene rings is 1. The Labute approximate surface area is 140 Å². The average molecular weight is 327 g/mol. The van der Waals surface area contributed by atoms with Gasteiger partial charge in [0.1, 0.15) is 5.65 Å². The molecule has 1 aromatic carbocycles. The highest BCUT2D eigenvalue weighted by atomic mass is 35.5. The van der Waals surface area contributed by atoms with Gasteiger partial charge in [0.25, 0.3) is 5.56 Å². The van der Waals surface area contributed by atoms with Gasteiger partial charge in [-0.25, -0.2) is 4.98 Å². The quantitative estimate of drug-likeness (QED) is 0.692. The molecule has 23 heavy (non-hydrogen) atoms. The first-order valence-electron chi connectivity index (χ1n) is 7.81. The second-order valence-electron chi connectivity index (χ2n) is 6.12. The highest BCUT2D eigenvalue weighted by Crippen LogP contribution is 2.22. The molecule has 0 aliphatic heterocycles. The maximum absolute atomic E-state index is 13.0. The van der Waals surface area contributed by atoms with Crippen LogP contribution in [0.2, 0.25) is 5.02 Å². The Bertz CT molecular complexity index is 882. The third kappa shape index (κ3) is 3.30. The summed E-state index contributed by atoms with van der Waals surface area (Å²) in [5.74, 6) is 0.528. The van der Waals surface area contributed by atoms with Crippen molar-refractivity contribution in [3.05, 3.63) is 64.0 Å². The van der Waals surface area contributed by atoms with Crippen LogP contribution < -0.4 is 5.56 Å². The van der Waals surface area contributed by atoms with E-state index in [-0.39, 0.29) is 5.56 Å². The Balaban J connectivity index is 2.21. The smallest absolute Gasteiger partial charge is 0.260 e. The van der Waals surface area contributed by atoms with Crippen LogP contribution in [0.5, 0.6) is 0 Å². The number of fused-ring (bicyclic) bond motifs is 1. The van der Waals surface area contributed by atoms with Gasteiger partial charge >= 0.3 is 0 Å². The largest absolute Gasteiger partial charge is 0.292 e. The molecule has 3 rings (SSSR count). The molecule has 2 aromatic heterocycles. The minimum absolute atomic E-state index is 0.000766. The van der Waals surface area contributed by atoms with E-state index in [9.17, 15) is 4.79 Å². The predicted molar refractivity (Wildman–Crippen MR) is 95.9 cm³/mol. The molecule has 3 nitrogen and oxygen atoms in total. The second kappa shape index (κ2) is 6.55. The minimum atomic E-state index is -0.000766. The number of hydrogen-bond donors (Lipinski definition) is 0. The maximum Gasteiger partial charge on any atom is 0.260 e. The lowest BCUT2D eigenvalue weighted by atomic mass is 10.1. The highest BCUT2D eigenvalue weighted by molar-refractivity contribution is 6.30. The first-order valence-corrected chi connectivity index (χ1v) is 8.18. The number of aryl methyl sites for hydroxylation is 1. The van der Waals surface area contributed by atoms with E-state index in [0.29, 0.717) is 23.0 Å². The van der Waals surface area contributed by atoms with E-state index in [4.69, 9.17) is 11.6 Å². The normalized spacial score (nSPS) is 11.3. The van der Waals surface area contributed by atoms with Crippen LogP contribution in [-0.2, 0) is 6.54 Å². The minimum Gasteiger partial charge on any atom is -0.292 e. The molecule has 0 bridgehead atoms. The number of pyridine rings is 2. The molecule has 0 unspecified atom stereocenters. The summed E-state index contributed by atoms with van der Waals surface area (Å²) in [7, 11) is 0. The second-order valence-corrected chi connectivity index (χ2v) is 6.56. The SMILES string of the molecule is CC(C)CCn1c(=O)c(-c2ccc(Cl)cc2)cc2cccnc21. The van der Waals surface area contributed by atoms with Crippen LogP contribution in [0.4, 0.5) is 0 Å². The summed E-state index contributed by atoms with van der Waals surface area (Å²) < 4.78 is 1.79. The van der Waals surface area contributed by atoms with Gasteiger partial charge in [0.05, 0.1) is 0 Å². The lowest BCUT2D eigenvalue weighted by molar-refractivity contribution is 0.515. The number of nitrogens with zero attached hydrogens (tertiary/aromatic N) is 2. The first-order chi connectivity index (χ1) is 11.1. The van der Waals surface area contributed by atoms with Gasteiger partial charge in [-0.15, -0.1) is 0 Å². The third-order valence-electron chi connectivity index (χ3n) is 3.93. The number of aromatic nitrogens is 2. The van der Waals surface area contributed by atoms with Gasteiger partial charge < -0.3 is 0 Å². The molecule has 2 heterocycles. The molecule has 3 aromatic rings. The zero-order valence-corrected chi connectivity index (χ0v) is 14.0. The van der Waals surface area contributed by atoms with Crippen LogP contribution in [0.3, 0.4) is 0 Å². The van der Waals surface area contributed by atoms with E-state index in [2.05, 4.69) is 18.8 Å². The lowest BCUT2D eigenvalue weighted by Gasteiger charge is -2.13. The van der Waals surface area contributed by atoms with Gasteiger partial charge in [-0.2, -0.15) is 0 Å². The van der Waals surface area contributed by atoms with Crippen molar-refractivity contribution in [3.8, 4) is 11.1 Å². The van der Waals surface area contributed by atoms with Gasteiger partial charge in [0, 0.05) is 28.7 Å². The third-order valence-corrected chi connectivity index (χ3v) is 4.19. The van der Waals surface area contributed by atoms with Gasteiger partial charge in [0.2, 0.25) is 0 Å². The van der Waals surface area contributed by atoms with E-state index in [0.717, 1.165) is 23.0 Å². The topological polar surface area (TPSA) is 34.9 Å². The van der Waals surface area contributed by atoms with Gasteiger partial charge in [-0.1, -0.05) is 37.6 Å². The number of hydrogen-bond acceptors (Lipinski definition) is 2. The maximum atomic E-state index is 13.0. The molecular formula is C19H19ClN2O. The molecule has 0 aliphatic rings. The Morgan fingerprint density at radius 1 is 1.17 bits per heavy atom. The van der Waals surface area contributed by atoms with Crippen molar-refractivity contribution in [3.63, 3.8) is 0 Å². The predicted octanol–water partition coefficient (Wildman–Crippen LogP) is 4.76. The zero-order chi connectivity index (χ0) is 16.4. The van der Waals surface area contributed by atoms with Crippen LogP contribution >= 0.6 is 11.6 Å². The molecule has 0 aliphatic carbocycles. The Hall–Kier alpha value is -2.13. The van der Waals surface area contributed by atoms with Crippen molar-refractivity contribution in [2.24, 2.45) is 5.92 Å². The van der Waals surface area contributed by atoms with Crippen LogP contribution in [0.1, 0.15) is 20.3 Å². The molecule has 4 heteroatoms. The Morgan fingerprint density at radius 2 is 1.91 bits per heavy atom. The fourth-order valence-corrected chi connectivity index (χ4v) is 2.76. The standard InChI is InChI=1S/C19H19ClN2O/c1-13(2)9-11-22-18-15(4-3-10-21-18)12-17(19(22)23)14-5-7-16(20)8-6-14/h3-8,10,12-13H,9,11H2,1-2H3. The highest BCUT2D eigenvalue weighted by Gasteiger charge is 2.12. The first kappa shape index (κ1) is 15.8. The fraction of sp³-hybridized carbons (Fsp3) is 0.263. The fourth-order valence-electron chi connectivity index (χ4n) is 2.64. The molecule has 0 saturated heterocycles. The summed E-state index contributed by atoms with van der Waals surface area (Å²) in [6.07, 6.45) is 2.67.